The lowest BCUT2D eigenvalue weighted by Gasteiger charge is -2.28. The molecule has 1 aliphatic rings. The maximum Gasteiger partial charge on any atom is 0.433 e. The Hall–Kier alpha value is -2.75. The quantitative estimate of drug-likeness (QED) is 0.409. The van der Waals surface area contributed by atoms with Crippen molar-refractivity contribution < 1.29 is 27.6 Å². The van der Waals surface area contributed by atoms with Crippen molar-refractivity contribution >= 4 is 46.2 Å². The van der Waals surface area contributed by atoms with Gasteiger partial charge < -0.3 is 9.84 Å². The molecule has 3 heterocycles. The van der Waals surface area contributed by atoms with E-state index in [9.17, 15) is 18.3 Å². The summed E-state index contributed by atoms with van der Waals surface area (Å²) < 4.78 is 46.3. The first kappa shape index (κ1) is 23.4. The molecule has 0 radical (unpaired) electrons. The predicted molar refractivity (Wildman–Crippen MR) is 120 cm³/mol. The van der Waals surface area contributed by atoms with Crippen molar-refractivity contribution in [2.24, 2.45) is 4.99 Å². The van der Waals surface area contributed by atoms with E-state index in [0.717, 1.165) is 12.3 Å². The van der Waals surface area contributed by atoms with Crippen LogP contribution in [0.25, 0.3) is 10.9 Å². The van der Waals surface area contributed by atoms with E-state index in [1.807, 2.05) is 0 Å². The van der Waals surface area contributed by atoms with Gasteiger partial charge in [-0.1, -0.05) is 40.3 Å². The number of aromatic nitrogens is 2. The van der Waals surface area contributed by atoms with Crippen molar-refractivity contribution in [3.63, 3.8) is 0 Å². The van der Waals surface area contributed by atoms with E-state index in [2.05, 4.69) is 15.0 Å². The molecule has 1 aliphatic heterocycles. The monoisotopic (exact) mass is 497 g/mol. The van der Waals surface area contributed by atoms with Gasteiger partial charge in [0.05, 0.1) is 24.2 Å². The van der Waals surface area contributed by atoms with Crippen molar-refractivity contribution in [2.45, 2.75) is 18.7 Å². The Morgan fingerprint density at radius 2 is 1.88 bits per heavy atom. The van der Waals surface area contributed by atoms with E-state index >= 15 is 0 Å². The highest BCUT2D eigenvalue weighted by Crippen LogP contribution is 2.40. The van der Waals surface area contributed by atoms with E-state index < -0.39 is 17.5 Å². The van der Waals surface area contributed by atoms with E-state index in [-0.39, 0.29) is 28.0 Å². The fourth-order valence-electron chi connectivity index (χ4n) is 3.75. The fourth-order valence-corrected chi connectivity index (χ4v) is 4.33. The van der Waals surface area contributed by atoms with Crippen molar-refractivity contribution in [3.05, 3.63) is 63.5 Å². The minimum Gasteiger partial charge on any atom is -0.489 e. The van der Waals surface area contributed by atoms with Gasteiger partial charge in [-0.15, -0.1) is 0 Å². The first-order valence-electron chi connectivity index (χ1n) is 9.84. The normalized spacial score (nSPS) is 15.9. The van der Waals surface area contributed by atoms with Gasteiger partial charge in [-0.25, -0.2) is 9.56 Å². The second-order valence-electron chi connectivity index (χ2n) is 7.36. The predicted octanol–water partition coefficient (Wildman–Crippen LogP) is 4.72. The molecular weight excluding hydrogens is 480 g/mol. The summed E-state index contributed by atoms with van der Waals surface area (Å²) in [5.41, 5.74) is -1.51. The number of nitrogens with zero attached hydrogens (tertiary/aromatic N) is 4. The van der Waals surface area contributed by atoms with Gasteiger partial charge in [-0.3, -0.25) is 4.98 Å². The number of halogens is 5. The Balaban J connectivity index is 1.94. The third kappa shape index (κ3) is 4.05. The Morgan fingerprint density at radius 1 is 1.15 bits per heavy atom. The van der Waals surface area contributed by atoms with E-state index in [0.29, 0.717) is 28.8 Å². The summed E-state index contributed by atoms with van der Waals surface area (Å²) in [7, 11) is 1.69. The number of rotatable bonds is 5. The van der Waals surface area contributed by atoms with Crippen molar-refractivity contribution in [3.8, 4) is 5.75 Å². The van der Waals surface area contributed by atoms with Gasteiger partial charge in [0.2, 0.25) is 0 Å². The summed E-state index contributed by atoms with van der Waals surface area (Å²) in [4.78, 5) is 12.0. The summed E-state index contributed by atoms with van der Waals surface area (Å²) in [6.07, 6.45) is -2.06. The van der Waals surface area contributed by atoms with Crippen LogP contribution >= 0.6 is 23.2 Å². The number of ether oxygens (including phenoxy) is 1. The molecule has 2 aromatic heterocycles. The molecule has 1 aromatic carbocycles. The number of benzene rings is 1. The standard InChI is InChI=1S/C22H18Cl2F3N4O2/c1-3-33-19-18(23)14-8-12(4-6-15(14)30-20(19)24)21(32,17-10-28-11-31(17)2)13-5-7-16(29-9-13)22(25,26)27/h4-9,11,32H,3,10H2,1-2H3/q+1. The number of fused-ring (bicyclic) bond motifs is 1. The van der Waals surface area contributed by atoms with Crippen LogP contribution in [-0.2, 0) is 11.8 Å². The molecule has 0 saturated carbocycles. The van der Waals surface area contributed by atoms with Crippen LogP contribution in [0.15, 0.2) is 41.5 Å². The second-order valence-corrected chi connectivity index (χ2v) is 8.10. The molecule has 6 nitrogen and oxygen atoms in total. The minimum absolute atomic E-state index is 0.0996. The summed E-state index contributed by atoms with van der Waals surface area (Å²) in [6.45, 7) is 2.23. The Bertz CT molecular complexity index is 1290. The van der Waals surface area contributed by atoms with Gasteiger partial charge in [0.25, 0.3) is 6.34 Å². The van der Waals surface area contributed by atoms with Crippen molar-refractivity contribution in [1.29, 1.82) is 0 Å². The van der Waals surface area contributed by atoms with E-state index in [1.165, 1.54) is 12.4 Å². The summed E-state index contributed by atoms with van der Waals surface area (Å²) >= 11 is 12.7. The number of aliphatic imine (C=N–C) groups is 1. The Labute approximate surface area is 197 Å². The zero-order valence-electron chi connectivity index (χ0n) is 17.5. The fraction of sp³-hybridized carbons (Fsp3) is 0.273. The molecule has 4 rings (SSSR count). The van der Waals surface area contributed by atoms with Crippen molar-refractivity contribution in [2.75, 3.05) is 20.2 Å². The molecule has 33 heavy (non-hydrogen) atoms. The average Bonchev–Trinajstić information content (AvgIpc) is 3.22. The molecule has 11 heteroatoms. The molecule has 1 N–H and O–H groups in total. The third-order valence-corrected chi connectivity index (χ3v) is 5.99. The first-order valence-corrected chi connectivity index (χ1v) is 10.6. The lowest BCUT2D eigenvalue weighted by Crippen LogP contribution is -2.42. The lowest BCUT2D eigenvalue weighted by molar-refractivity contribution is -0.363. The smallest absolute Gasteiger partial charge is 0.433 e. The molecule has 0 fully saturated rings. The van der Waals surface area contributed by atoms with Gasteiger partial charge in [0.15, 0.2) is 28.8 Å². The molecule has 0 aliphatic carbocycles. The maximum absolute atomic E-state index is 13.1. The zero-order valence-corrected chi connectivity index (χ0v) is 19.0. The van der Waals surface area contributed by atoms with Gasteiger partial charge in [-0.2, -0.15) is 13.2 Å². The highest BCUT2D eigenvalue weighted by Gasteiger charge is 2.44. The van der Waals surface area contributed by atoms with Crippen LogP contribution in [0.1, 0.15) is 23.7 Å². The molecule has 172 valence electrons. The van der Waals surface area contributed by atoms with Gasteiger partial charge in [-0.05, 0) is 30.7 Å². The Kier molecular flexibility index (Phi) is 6.07. The summed E-state index contributed by atoms with van der Waals surface area (Å²) in [6, 6.07) is 6.88. The van der Waals surface area contributed by atoms with Gasteiger partial charge in [0, 0.05) is 17.1 Å². The van der Waals surface area contributed by atoms with Gasteiger partial charge >= 0.3 is 6.18 Å². The molecular formula is C22H18Cl2F3N4O2+. The van der Waals surface area contributed by atoms with Crippen LogP contribution in [0.2, 0.25) is 10.2 Å². The minimum atomic E-state index is -4.60. The topological polar surface area (TPSA) is 70.6 Å². The van der Waals surface area contributed by atoms with Crippen LogP contribution in [0.4, 0.5) is 13.2 Å². The van der Waals surface area contributed by atoms with E-state index in [1.54, 1.807) is 36.7 Å². The maximum atomic E-state index is 13.1. The molecule has 3 aromatic rings. The highest BCUT2D eigenvalue weighted by molar-refractivity contribution is 6.40. The van der Waals surface area contributed by atoms with E-state index in [4.69, 9.17) is 27.9 Å². The SMILES string of the molecule is CCOc1c(Cl)nc2ccc(C(O)(C3=[N+](C)C=NC3)c3ccc(C(F)(F)F)nc3)cc2c1Cl. The molecule has 1 atom stereocenters. The largest absolute Gasteiger partial charge is 0.489 e. The number of hydrogen-bond acceptors (Lipinski definition) is 5. The van der Waals surface area contributed by atoms with Crippen LogP contribution in [0.5, 0.6) is 5.75 Å². The number of hydrogen-bond donors (Lipinski definition) is 1. The average molecular weight is 498 g/mol. The second kappa shape index (κ2) is 8.55. The first-order chi connectivity index (χ1) is 15.6. The molecule has 0 amide bonds. The highest BCUT2D eigenvalue weighted by atomic mass is 35.5. The zero-order chi connectivity index (χ0) is 24.0. The van der Waals surface area contributed by atoms with Gasteiger partial charge in [0.1, 0.15) is 5.69 Å². The number of pyridine rings is 2. The van der Waals surface area contributed by atoms with Crippen LogP contribution in [-0.4, -0.2) is 51.9 Å². The molecule has 1 unspecified atom stereocenters. The van der Waals surface area contributed by atoms with Crippen LogP contribution < -0.4 is 4.74 Å². The third-order valence-electron chi connectivity index (χ3n) is 5.36. The number of aliphatic hydroxyl groups is 1. The summed E-state index contributed by atoms with van der Waals surface area (Å²) in [5, 5.41) is 12.8. The number of alkyl halides is 3. The molecule has 0 saturated heterocycles. The summed E-state index contributed by atoms with van der Waals surface area (Å²) in [5.74, 6) is 0.208. The van der Waals surface area contributed by atoms with Crippen molar-refractivity contribution in [1.82, 2.24) is 9.97 Å². The molecule has 0 bridgehead atoms. The molecule has 0 spiro atoms. The lowest BCUT2D eigenvalue weighted by atomic mass is 9.82. The van der Waals surface area contributed by atoms with Crippen LogP contribution in [0.3, 0.4) is 0 Å². The van der Waals surface area contributed by atoms with Crippen LogP contribution in [0, 0.1) is 0 Å². The Morgan fingerprint density at radius 3 is 2.45 bits per heavy atom.